The van der Waals surface area contributed by atoms with E-state index >= 15 is 0 Å². The number of benzene rings is 2. The van der Waals surface area contributed by atoms with Gasteiger partial charge in [0, 0.05) is 17.3 Å². The summed E-state index contributed by atoms with van der Waals surface area (Å²) in [6, 6.07) is 11.1. The van der Waals surface area contributed by atoms with E-state index in [0.29, 0.717) is 16.3 Å². The summed E-state index contributed by atoms with van der Waals surface area (Å²) in [5, 5.41) is 3.12. The predicted molar refractivity (Wildman–Crippen MR) is 79.9 cm³/mol. The molecule has 0 fully saturated rings. The van der Waals surface area contributed by atoms with Crippen molar-refractivity contribution in [2.75, 3.05) is 11.9 Å². The van der Waals surface area contributed by atoms with Crippen molar-refractivity contribution in [1.29, 1.82) is 0 Å². The molecule has 0 atom stereocenters. The minimum atomic E-state index is -0.548. The third kappa shape index (κ3) is 4.44. The number of ether oxygens (including phenoxy) is 1. The molecule has 1 amide bonds. The maximum Gasteiger partial charge on any atom is 0.262 e. The van der Waals surface area contributed by atoms with Crippen LogP contribution in [0.1, 0.15) is 5.56 Å². The SMILES string of the molecule is NCc1ccc(OCC(=O)Nc2cccc(Cl)c2)c(F)c1. The zero-order valence-electron chi connectivity index (χ0n) is 11.1. The van der Waals surface area contributed by atoms with Crippen LogP contribution in [-0.2, 0) is 11.3 Å². The van der Waals surface area contributed by atoms with Crippen LogP contribution in [0.25, 0.3) is 0 Å². The lowest BCUT2D eigenvalue weighted by Crippen LogP contribution is -2.20. The molecule has 0 heterocycles. The molecule has 0 aromatic heterocycles. The summed E-state index contributed by atoms with van der Waals surface area (Å²) < 4.78 is 18.8. The van der Waals surface area contributed by atoms with Crippen molar-refractivity contribution in [3.05, 3.63) is 58.9 Å². The van der Waals surface area contributed by atoms with Gasteiger partial charge in [0.05, 0.1) is 0 Å². The third-order valence-electron chi connectivity index (χ3n) is 2.70. The molecule has 0 radical (unpaired) electrons. The van der Waals surface area contributed by atoms with Gasteiger partial charge >= 0.3 is 0 Å². The van der Waals surface area contributed by atoms with Crippen LogP contribution in [0.3, 0.4) is 0 Å². The van der Waals surface area contributed by atoms with Gasteiger partial charge in [-0.15, -0.1) is 0 Å². The first-order valence-corrected chi connectivity index (χ1v) is 6.63. The Hall–Kier alpha value is -2.11. The van der Waals surface area contributed by atoms with Crippen molar-refractivity contribution in [3.8, 4) is 5.75 Å². The van der Waals surface area contributed by atoms with E-state index in [1.807, 2.05) is 0 Å². The number of rotatable bonds is 5. The Morgan fingerprint density at radius 3 is 2.76 bits per heavy atom. The number of nitrogens with one attached hydrogen (secondary N) is 1. The van der Waals surface area contributed by atoms with Gasteiger partial charge < -0.3 is 15.8 Å². The Bertz CT molecular complexity index is 649. The maximum absolute atomic E-state index is 13.6. The second-order valence-electron chi connectivity index (χ2n) is 4.32. The Morgan fingerprint density at radius 1 is 1.29 bits per heavy atom. The fourth-order valence-electron chi connectivity index (χ4n) is 1.69. The van der Waals surface area contributed by atoms with E-state index in [2.05, 4.69) is 5.32 Å². The number of carbonyl (C=O) groups excluding carboxylic acids is 1. The minimum absolute atomic E-state index is 0.00782. The number of hydrogen-bond acceptors (Lipinski definition) is 3. The first kappa shape index (κ1) is 15.3. The third-order valence-corrected chi connectivity index (χ3v) is 2.93. The average molecular weight is 309 g/mol. The molecule has 21 heavy (non-hydrogen) atoms. The predicted octanol–water partition coefficient (Wildman–Crippen LogP) is 2.96. The molecule has 0 saturated heterocycles. The van der Waals surface area contributed by atoms with Gasteiger partial charge in [0.2, 0.25) is 0 Å². The van der Waals surface area contributed by atoms with Gasteiger partial charge in [0.1, 0.15) is 0 Å². The number of anilines is 1. The molecule has 6 heteroatoms. The fraction of sp³-hybridized carbons (Fsp3) is 0.133. The van der Waals surface area contributed by atoms with Crippen LogP contribution < -0.4 is 15.8 Å². The maximum atomic E-state index is 13.6. The van der Waals surface area contributed by atoms with Gasteiger partial charge in [-0.25, -0.2) is 4.39 Å². The number of nitrogens with two attached hydrogens (primary N) is 1. The molecule has 3 N–H and O–H groups in total. The van der Waals surface area contributed by atoms with Crippen LogP contribution in [-0.4, -0.2) is 12.5 Å². The first-order chi connectivity index (χ1) is 10.1. The van der Waals surface area contributed by atoms with E-state index in [4.69, 9.17) is 22.1 Å². The van der Waals surface area contributed by atoms with Gasteiger partial charge in [-0.2, -0.15) is 0 Å². The topological polar surface area (TPSA) is 64.3 Å². The number of halogens is 2. The lowest BCUT2D eigenvalue weighted by Gasteiger charge is -2.09. The second kappa shape index (κ2) is 7.06. The minimum Gasteiger partial charge on any atom is -0.481 e. The van der Waals surface area contributed by atoms with Crippen LogP contribution in [0.2, 0.25) is 5.02 Å². The monoisotopic (exact) mass is 308 g/mol. The van der Waals surface area contributed by atoms with Crippen molar-refractivity contribution in [1.82, 2.24) is 0 Å². The number of amides is 1. The molecule has 0 unspecified atom stereocenters. The lowest BCUT2D eigenvalue weighted by atomic mass is 10.2. The summed E-state index contributed by atoms with van der Waals surface area (Å²) in [5.74, 6) is -0.943. The average Bonchev–Trinajstić information content (AvgIpc) is 2.46. The molecule has 2 aromatic carbocycles. The molecule has 0 aliphatic rings. The number of carbonyl (C=O) groups is 1. The van der Waals surface area contributed by atoms with E-state index in [1.165, 1.54) is 12.1 Å². The highest BCUT2D eigenvalue weighted by Gasteiger charge is 2.08. The van der Waals surface area contributed by atoms with Gasteiger partial charge in [0.15, 0.2) is 18.2 Å². The Labute approximate surface area is 126 Å². The van der Waals surface area contributed by atoms with Crippen molar-refractivity contribution >= 4 is 23.2 Å². The smallest absolute Gasteiger partial charge is 0.262 e. The van der Waals surface area contributed by atoms with Gasteiger partial charge in [-0.05, 0) is 35.9 Å². The van der Waals surface area contributed by atoms with Crippen LogP contribution in [0, 0.1) is 5.82 Å². The second-order valence-corrected chi connectivity index (χ2v) is 4.75. The highest BCUT2D eigenvalue weighted by Crippen LogP contribution is 2.18. The molecule has 2 aromatic rings. The summed E-state index contributed by atoms with van der Waals surface area (Å²) in [7, 11) is 0. The molecular formula is C15H14ClFN2O2. The Morgan fingerprint density at radius 2 is 2.10 bits per heavy atom. The zero-order valence-corrected chi connectivity index (χ0v) is 11.9. The van der Waals surface area contributed by atoms with Crippen molar-refractivity contribution in [3.63, 3.8) is 0 Å². The Kier molecular flexibility index (Phi) is 5.14. The quantitative estimate of drug-likeness (QED) is 0.892. The molecule has 2 rings (SSSR count). The molecule has 110 valence electrons. The molecule has 0 aliphatic carbocycles. The van der Waals surface area contributed by atoms with Crippen molar-refractivity contribution in [2.45, 2.75) is 6.54 Å². The standard InChI is InChI=1S/C15H14ClFN2O2/c16-11-2-1-3-12(7-11)19-15(20)9-21-14-5-4-10(8-18)6-13(14)17/h1-7H,8-9,18H2,(H,19,20). The largest absolute Gasteiger partial charge is 0.481 e. The van der Waals surface area contributed by atoms with Crippen molar-refractivity contribution < 1.29 is 13.9 Å². The normalized spacial score (nSPS) is 10.2. The summed E-state index contributed by atoms with van der Waals surface area (Å²) in [6.07, 6.45) is 0. The summed E-state index contributed by atoms with van der Waals surface area (Å²) in [5.41, 5.74) is 6.61. The van der Waals surface area contributed by atoms with Crippen molar-refractivity contribution in [2.24, 2.45) is 5.73 Å². The Balaban J connectivity index is 1.92. The number of hydrogen-bond donors (Lipinski definition) is 2. The summed E-state index contributed by atoms with van der Waals surface area (Å²) >= 11 is 5.81. The van der Waals surface area contributed by atoms with E-state index < -0.39 is 11.7 Å². The fourth-order valence-corrected chi connectivity index (χ4v) is 1.89. The van der Waals surface area contributed by atoms with Crippen LogP contribution >= 0.6 is 11.6 Å². The van der Waals surface area contributed by atoms with Gasteiger partial charge in [-0.3, -0.25) is 4.79 Å². The van der Waals surface area contributed by atoms with Crippen LogP contribution in [0.5, 0.6) is 5.75 Å². The molecule has 0 spiro atoms. The van der Waals surface area contributed by atoms with E-state index in [1.54, 1.807) is 30.3 Å². The highest BCUT2D eigenvalue weighted by molar-refractivity contribution is 6.30. The van der Waals surface area contributed by atoms with E-state index in [-0.39, 0.29) is 18.9 Å². The first-order valence-electron chi connectivity index (χ1n) is 6.25. The molecular weight excluding hydrogens is 295 g/mol. The van der Waals surface area contributed by atoms with Gasteiger partial charge in [0.25, 0.3) is 5.91 Å². The lowest BCUT2D eigenvalue weighted by molar-refractivity contribution is -0.118. The molecule has 0 saturated carbocycles. The van der Waals surface area contributed by atoms with Gasteiger partial charge in [-0.1, -0.05) is 23.7 Å². The molecule has 0 aliphatic heterocycles. The summed E-state index contributed by atoms with van der Waals surface area (Å²) in [6.45, 7) is -0.0577. The van der Waals surface area contributed by atoms with Crippen LogP contribution in [0.15, 0.2) is 42.5 Å². The molecule has 0 bridgehead atoms. The zero-order chi connectivity index (χ0) is 15.2. The van der Waals surface area contributed by atoms with E-state index in [0.717, 1.165) is 0 Å². The van der Waals surface area contributed by atoms with Crippen LogP contribution in [0.4, 0.5) is 10.1 Å². The van der Waals surface area contributed by atoms with E-state index in [9.17, 15) is 9.18 Å². The summed E-state index contributed by atoms with van der Waals surface area (Å²) in [4.78, 5) is 11.7. The molecule has 4 nitrogen and oxygen atoms in total. The highest BCUT2D eigenvalue weighted by atomic mass is 35.5.